The van der Waals surface area contributed by atoms with Gasteiger partial charge >= 0.3 is 0 Å². The Morgan fingerprint density at radius 1 is 1.29 bits per heavy atom. The largest absolute Gasteiger partial charge is 0.472 e. The van der Waals surface area contributed by atoms with Crippen molar-refractivity contribution < 1.29 is 9.15 Å². The summed E-state index contributed by atoms with van der Waals surface area (Å²) in [6.45, 7) is 4.00. The quantitative estimate of drug-likeness (QED) is 0.870. The molecule has 1 aliphatic rings. The van der Waals surface area contributed by atoms with E-state index >= 15 is 0 Å². The SMILES string of the molecule is CCCNC(CC1OCCc2ccccc21)c1ccoc1. The minimum atomic E-state index is 0.166. The first kappa shape index (κ1) is 14.4. The molecule has 1 aromatic heterocycles. The van der Waals surface area contributed by atoms with Gasteiger partial charge in [-0.05, 0) is 43.0 Å². The summed E-state index contributed by atoms with van der Waals surface area (Å²) < 4.78 is 11.3. The molecule has 0 saturated heterocycles. The van der Waals surface area contributed by atoms with Crippen LogP contribution in [0.2, 0.25) is 0 Å². The van der Waals surface area contributed by atoms with Crippen molar-refractivity contribution in [3.63, 3.8) is 0 Å². The van der Waals surface area contributed by atoms with Crippen LogP contribution in [0.3, 0.4) is 0 Å². The Labute approximate surface area is 126 Å². The molecule has 2 atom stereocenters. The second-order valence-corrected chi connectivity index (χ2v) is 5.61. The lowest BCUT2D eigenvalue weighted by atomic mass is 9.92. The molecule has 1 N–H and O–H groups in total. The molecule has 0 amide bonds. The number of nitrogens with one attached hydrogen (secondary N) is 1. The van der Waals surface area contributed by atoms with Crippen LogP contribution in [-0.4, -0.2) is 13.2 Å². The van der Waals surface area contributed by atoms with Gasteiger partial charge in [-0.15, -0.1) is 0 Å². The van der Waals surface area contributed by atoms with E-state index in [1.807, 2.05) is 12.3 Å². The molecule has 0 radical (unpaired) electrons. The predicted octanol–water partition coefficient (Wildman–Crippen LogP) is 4.02. The van der Waals surface area contributed by atoms with E-state index in [-0.39, 0.29) is 12.1 Å². The number of hydrogen-bond donors (Lipinski definition) is 1. The lowest BCUT2D eigenvalue weighted by molar-refractivity contribution is 0.0293. The van der Waals surface area contributed by atoms with Crippen LogP contribution >= 0.6 is 0 Å². The maximum atomic E-state index is 6.04. The van der Waals surface area contributed by atoms with E-state index in [4.69, 9.17) is 9.15 Å². The number of furan rings is 1. The summed E-state index contributed by atoms with van der Waals surface area (Å²) in [5.41, 5.74) is 3.97. The van der Waals surface area contributed by atoms with Gasteiger partial charge in [-0.1, -0.05) is 31.2 Å². The minimum Gasteiger partial charge on any atom is -0.472 e. The Kier molecular flexibility index (Phi) is 4.73. The first-order valence-electron chi connectivity index (χ1n) is 7.83. The topological polar surface area (TPSA) is 34.4 Å². The van der Waals surface area contributed by atoms with Crippen LogP contribution in [-0.2, 0) is 11.2 Å². The molecule has 0 spiro atoms. The van der Waals surface area contributed by atoms with E-state index in [1.54, 1.807) is 6.26 Å². The number of hydrogen-bond acceptors (Lipinski definition) is 3. The summed E-state index contributed by atoms with van der Waals surface area (Å²) in [4.78, 5) is 0. The smallest absolute Gasteiger partial charge is 0.0950 e. The summed E-state index contributed by atoms with van der Waals surface area (Å²) >= 11 is 0. The fraction of sp³-hybridized carbons (Fsp3) is 0.444. The van der Waals surface area contributed by atoms with Crippen molar-refractivity contribution in [2.24, 2.45) is 0 Å². The summed E-state index contributed by atoms with van der Waals surface area (Å²) in [6, 6.07) is 11.0. The highest BCUT2D eigenvalue weighted by Crippen LogP contribution is 2.34. The van der Waals surface area contributed by atoms with E-state index in [1.165, 1.54) is 16.7 Å². The van der Waals surface area contributed by atoms with Gasteiger partial charge in [-0.2, -0.15) is 0 Å². The molecule has 3 rings (SSSR count). The number of benzene rings is 1. The third kappa shape index (κ3) is 3.36. The molecule has 2 aromatic rings. The van der Waals surface area contributed by atoms with Gasteiger partial charge in [-0.3, -0.25) is 0 Å². The average Bonchev–Trinajstić information content (AvgIpc) is 3.06. The van der Waals surface area contributed by atoms with Crippen molar-refractivity contribution in [2.45, 2.75) is 38.3 Å². The molecule has 0 bridgehead atoms. The third-order valence-electron chi connectivity index (χ3n) is 4.13. The Morgan fingerprint density at radius 3 is 3.00 bits per heavy atom. The first-order valence-corrected chi connectivity index (χ1v) is 7.83. The number of fused-ring (bicyclic) bond motifs is 1. The molecular formula is C18H23NO2. The molecule has 3 heteroatoms. The van der Waals surface area contributed by atoms with Gasteiger partial charge in [0, 0.05) is 11.6 Å². The van der Waals surface area contributed by atoms with E-state index < -0.39 is 0 Å². The van der Waals surface area contributed by atoms with Gasteiger partial charge in [0.2, 0.25) is 0 Å². The second-order valence-electron chi connectivity index (χ2n) is 5.61. The van der Waals surface area contributed by atoms with Gasteiger partial charge in [0.05, 0.1) is 25.2 Å². The molecule has 0 fully saturated rings. The highest BCUT2D eigenvalue weighted by atomic mass is 16.5. The summed E-state index contributed by atoms with van der Waals surface area (Å²) in [6.07, 6.45) is 6.82. The van der Waals surface area contributed by atoms with Gasteiger partial charge < -0.3 is 14.5 Å². The second kappa shape index (κ2) is 6.92. The summed E-state index contributed by atoms with van der Waals surface area (Å²) in [5.74, 6) is 0. The van der Waals surface area contributed by atoms with Crippen LogP contribution in [0, 0.1) is 0 Å². The van der Waals surface area contributed by atoms with Crippen molar-refractivity contribution in [1.82, 2.24) is 5.32 Å². The maximum Gasteiger partial charge on any atom is 0.0950 e. The molecule has 1 aromatic carbocycles. The first-order chi connectivity index (χ1) is 10.4. The Balaban J connectivity index is 1.77. The lowest BCUT2D eigenvalue weighted by Gasteiger charge is -2.29. The van der Waals surface area contributed by atoms with Crippen LogP contribution in [0.15, 0.2) is 47.3 Å². The summed E-state index contributed by atoms with van der Waals surface area (Å²) in [5, 5.41) is 3.61. The van der Waals surface area contributed by atoms with Gasteiger partial charge in [-0.25, -0.2) is 0 Å². The predicted molar refractivity (Wildman–Crippen MR) is 83.2 cm³/mol. The van der Waals surface area contributed by atoms with Crippen LogP contribution in [0.5, 0.6) is 0 Å². The molecule has 1 aliphatic heterocycles. The lowest BCUT2D eigenvalue weighted by Crippen LogP contribution is -2.26. The van der Waals surface area contributed by atoms with E-state index in [0.717, 1.165) is 32.4 Å². The molecule has 21 heavy (non-hydrogen) atoms. The zero-order valence-electron chi connectivity index (χ0n) is 12.5. The fourth-order valence-corrected chi connectivity index (χ4v) is 3.02. The highest BCUT2D eigenvalue weighted by Gasteiger charge is 2.25. The zero-order chi connectivity index (χ0) is 14.5. The minimum absolute atomic E-state index is 0.166. The van der Waals surface area contributed by atoms with Crippen LogP contribution in [0.25, 0.3) is 0 Å². The molecule has 112 valence electrons. The van der Waals surface area contributed by atoms with Gasteiger partial charge in [0.25, 0.3) is 0 Å². The van der Waals surface area contributed by atoms with Crippen LogP contribution in [0.4, 0.5) is 0 Å². The standard InChI is InChI=1S/C18H23NO2/c1-2-9-19-17(15-7-10-20-13-15)12-18-16-6-4-3-5-14(16)8-11-21-18/h3-7,10,13,17-19H,2,8-9,11-12H2,1H3. The molecule has 3 nitrogen and oxygen atoms in total. The number of rotatable bonds is 6. The Morgan fingerprint density at radius 2 is 2.19 bits per heavy atom. The monoisotopic (exact) mass is 285 g/mol. The van der Waals surface area contributed by atoms with E-state index in [9.17, 15) is 0 Å². The van der Waals surface area contributed by atoms with E-state index in [2.05, 4.69) is 36.5 Å². The third-order valence-corrected chi connectivity index (χ3v) is 4.13. The summed E-state index contributed by atoms with van der Waals surface area (Å²) in [7, 11) is 0. The zero-order valence-corrected chi connectivity index (χ0v) is 12.5. The van der Waals surface area contributed by atoms with Crippen molar-refractivity contribution in [3.8, 4) is 0 Å². The van der Waals surface area contributed by atoms with Crippen LogP contribution < -0.4 is 5.32 Å². The van der Waals surface area contributed by atoms with Crippen molar-refractivity contribution in [3.05, 3.63) is 59.5 Å². The van der Waals surface area contributed by atoms with Crippen molar-refractivity contribution in [2.75, 3.05) is 13.2 Å². The Bertz CT molecular complexity index is 550. The van der Waals surface area contributed by atoms with Gasteiger partial charge in [0.1, 0.15) is 0 Å². The number of ether oxygens (including phenoxy) is 1. The average molecular weight is 285 g/mol. The Hall–Kier alpha value is -1.58. The van der Waals surface area contributed by atoms with Gasteiger partial charge in [0.15, 0.2) is 0 Å². The molecule has 2 unspecified atom stereocenters. The van der Waals surface area contributed by atoms with Crippen molar-refractivity contribution in [1.29, 1.82) is 0 Å². The normalized spacial score (nSPS) is 19.2. The molecule has 2 heterocycles. The van der Waals surface area contributed by atoms with E-state index in [0.29, 0.717) is 0 Å². The highest BCUT2D eigenvalue weighted by molar-refractivity contribution is 5.31. The molecular weight excluding hydrogens is 262 g/mol. The van der Waals surface area contributed by atoms with Crippen molar-refractivity contribution >= 4 is 0 Å². The molecule has 0 aliphatic carbocycles. The maximum absolute atomic E-state index is 6.04. The van der Waals surface area contributed by atoms with Crippen LogP contribution in [0.1, 0.15) is 48.6 Å². The molecule has 0 saturated carbocycles. The fourth-order valence-electron chi connectivity index (χ4n) is 3.02.